The molecule has 0 heterocycles. The molecule has 188 valence electrons. The third-order valence-electron chi connectivity index (χ3n) is 5.48. The number of sulfone groups is 1. The molecule has 35 heavy (non-hydrogen) atoms. The van der Waals surface area contributed by atoms with Gasteiger partial charge in [0.05, 0.1) is 57.9 Å². The van der Waals surface area contributed by atoms with E-state index in [-0.39, 0.29) is 12.4 Å². The number of benzene rings is 3. The van der Waals surface area contributed by atoms with Gasteiger partial charge in [0.1, 0.15) is 5.75 Å². The van der Waals surface area contributed by atoms with Crippen LogP contribution in [0.2, 0.25) is 0 Å². The van der Waals surface area contributed by atoms with Crippen LogP contribution in [0.25, 0.3) is 0 Å². The highest BCUT2D eigenvalue weighted by Crippen LogP contribution is 2.28. The Hall–Kier alpha value is -3.07. The number of methoxy groups -OCH3 is 3. The van der Waals surface area contributed by atoms with Crippen molar-refractivity contribution in [1.82, 2.24) is 0 Å². The predicted molar refractivity (Wildman–Crippen MR) is 134 cm³/mol. The molecule has 8 heteroatoms. The van der Waals surface area contributed by atoms with Gasteiger partial charge in [0.25, 0.3) is 0 Å². The van der Waals surface area contributed by atoms with Gasteiger partial charge in [-0.1, -0.05) is 36.4 Å². The molecule has 0 bridgehead atoms. The maximum Gasteiger partial charge on any atom is 0.178 e. The van der Waals surface area contributed by atoms with Crippen LogP contribution >= 0.6 is 0 Å². The highest BCUT2D eigenvalue weighted by molar-refractivity contribution is 7.91. The fraction of sp³-hybridized carbons (Fsp3) is 0.333. The van der Waals surface area contributed by atoms with Crippen LogP contribution in [0.3, 0.4) is 0 Å². The summed E-state index contributed by atoms with van der Waals surface area (Å²) in [6.07, 6.45) is -0.102. The van der Waals surface area contributed by atoms with Gasteiger partial charge in [-0.2, -0.15) is 0 Å². The van der Waals surface area contributed by atoms with Crippen molar-refractivity contribution >= 4 is 9.84 Å². The van der Waals surface area contributed by atoms with Crippen LogP contribution in [0.1, 0.15) is 17.5 Å². The summed E-state index contributed by atoms with van der Waals surface area (Å²) in [5, 5.41) is 0. The van der Waals surface area contributed by atoms with E-state index in [4.69, 9.17) is 23.7 Å². The molecule has 1 atom stereocenters. The largest absolute Gasteiger partial charge is 0.497 e. The number of hydrogen-bond acceptors (Lipinski definition) is 7. The van der Waals surface area contributed by atoms with Crippen LogP contribution in [-0.2, 0) is 32.5 Å². The molecule has 7 nitrogen and oxygen atoms in total. The lowest BCUT2D eigenvalue weighted by atomic mass is 10.2. The highest BCUT2D eigenvalue weighted by atomic mass is 32.2. The molecule has 0 fully saturated rings. The lowest BCUT2D eigenvalue weighted by Crippen LogP contribution is -2.23. The van der Waals surface area contributed by atoms with Gasteiger partial charge in [0.2, 0.25) is 0 Å². The molecular formula is C27H32O7S. The van der Waals surface area contributed by atoms with Crippen LogP contribution in [0.4, 0.5) is 0 Å². The first-order valence-corrected chi connectivity index (χ1v) is 12.9. The molecule has 0 saturated carbocycles. The van der Waals surface area contributed by atoms with Crippen LogP contribution in [0.5, 0.6) is 17.2 Å². The summed E-state index contributed by atoms with van der Waals surface area (Å²) in [6, 6.07) is 21.6. The van der Waals surface area contributed by atoms with E-state index in [1.807, 2.05) is 42.5 Å². The minimum absolute atomic E-state index is 0.0377. The SMILES string of the molecule is COc1ccc(CO[C@@H](CCS(=O)(=O)c2ccccc2)COCc2ccc(OC)c(OC)c2)cc1. The van der Waals surface area contributed by atoms with Crippen LogP contribution in [0, 0.1) is 0 Å². The summed E-state index contributed by atoms with van der Waals surface area (Å²) < 4.78 is 53.3. The number of ether oxygens (including phenoxy) is 5. The molecule has 0 unspecified atom stereocenters. The standard InChI is InChI=1S/C27H32O7S/c1-30-23-12-9-21(10-13-23)19-34-24(15-16-35(28,29)25-7-5-4-6-8-25)20-33-18-22-11-14-26(31-2)27(17-22)32-3/h4-14,17,24H,15-16,18-20H2,1-3H3/t24-/m0/s1. The smallest absolute Gasteiger partial charge is 0.178 e. The summed E-state index contributed by atoms with van der Waals surface area (Å²) in [4.78, 5) is 0.306. The van der Waals surface area contributed by atoms with Gasteiger partial charge in [-0.25, -0.2) is 8.42 Å². The summed E-state index contributed by atoms with van der Waals surface area (Å²) in [5.74, 6) is 1.99. The molecule has 0 spiro atoms. The van der Waals surface area contributed by atoms with Gasteiger partial charge in [0, 0.05) is 0 Å². The summed E-state index contributed by atoms with van der Waals surface area (Å²) in [5.41, 5.74) is 1.87. The second-order valence-corrected chi connectivity index (χ2v) is 10.0. The first-order valence-electron chi connectivity index (χ1n) is 11.3. The summed E-state index contributed by atoms with van der Waals surface area (Å²) in [6.45, 7) is 0.906. The van der Waals surface area contributed by atoms with E-state index in [1.165, 1.54) is 0 Å². The van der Waals surface area contributed by atoms with Crippen LogP contribution in [0.15, 0.2) is 77.7 Å². The van der Waals surface area contributed by atoms with E-state index in [1.54, 1.807) is 51.7 Å². The molecule has 0 saturated heterocycles. The summed E-state index contributed by atoms with van der Waals surface area (Å²) in [7, 11) is 1.36. The van der Waals surface area contributed by atoms with Crippen LogP contribution in [-0.4, -0.2) is 48.2 Å². The van der Waals surface area contributed by atoms with Gasteiger partial charge in [-0.3, -0.25) is 0 Å². The van der Waals surface area contributed by atoms with E-state index in [0.29, 0.717) is 36.0 Å². The molecule has 0 N–H and O–H groups in total. The van der Waals surface area contributed by atoms with Gasteiger partial charge in [-0.15, -0.1) is 0 Å². The molecule has 0 aliphatic carbocycles. The van der Waals surface area contributed by atoms with E-state index in [0.717, 1.165) is 16.9 Å². The lowest BCUT2D eigenvalue weighted by Gasteiger charge is -2.19. The average Bonchev–Trinajstić information content (AvgIpc) is 2.90. The van der Waals surface area contributed by atoms with Crippen molar-refractivity contribution in [3.63, 3.8) is 0 Å². The topological polar surface area (TPSA) is 80.3 Å². The van der Waals surface area contributed by atoms with Crippen molar-refractivity contribution in [2.75, 3.05) is 33.7 Å². The van der Waals surface area contributed by atoms with Gasteiger partial charge < -0.3 is 23.7 Å². The zero-order valence-corrected chi connectivity index (χ0v) is 21.1. The predicted octanol–water partition coefficient (Wildman–Crippen LogP) is 4.68. The first kappa shape index (κ1) is 26.5. The molecule has 3 aromatic rings. The fourth-order valence-electron chi connectivity index (χ4n) is 3.46. The van der Waals surface area contributed by atoms with E-state index in [2.05, 4.69) is 0 Å². The molecule has 3 rings (SSSR count). The third kappa shape index (κ3) is 7.99. The van der Waals surface area contributed by atoms with Gasteiger partial charge in [-0.05, 0) is 53.9 Å². The Kier molecular flexibility index (Phi) is 9.96. The molecule has 3 aromatic carbocycles. The second-order valence-electron chi connectivity index (χ2n) is 7.91. The Bertz CT molecular complexity index is 1150. The molecular weight excluding hydrogens is 468 g/mol. The summed E-state index contributed by atoms with van der Waals surface area (Å²) >= 11 is 0. The van der Waals surface area contributed by atoms with E-state index < -0.39 is 15.9 Å². The average molecular weight is 501 g/mol. The molecule has 0 amide bonds. The van der Waals surface area contributed by atoms with Crippen molar-refractivity contribution in [2.45, 2.75) is 30.6 Å². The first-order chi connectivity index (χ1) is 16.9. The Morgan fingerprint density at radius 2 is 1.43 bits per heavy atom. The number of hydrogen-bond donors (Lipinski definition) is 0. The van der Waals surface area contributed by atoms with Crippen molar-refractivity contribution in [2.24, 2.45) is 0 Å². The van der Waals surface area contributed by atoms with Crippen molar-refractivity contribution in [3.8, 4) is 17.2 Å². The maximum atomic E-state index is 12.8. The molecule has 0 aromatic heterocycles. The molecule has 0 radical (unpaired) electrons. The normalized spacial score (nSPS) is 12.2. The highest BCUT2D eigenvalue weighted by Gasteiger charge is 2.19. The van der Waals surface area contributed by atoms with Crippen LogP contribution < -0.4 is 14.2 Å². The van der Waals surface area contributed by atoms with Crippen molar-refractivity contribution in [3.05, 3.63) is 83.9 Å². The lowest BCUT2D eigenvalue weighted by molar-refractivity contribution is -0.0306. The van der Waals surface area contributed by atoms with Gasteiger partial charge >= 0.3 is 0 Å². The quantitative estimate of drug-likeness (QED) is 0.318. The van der Waals surface area contributed by atoms with E-state index >= 15 is 0 Å². The minimum atomic E-state index is -3.42. The third-order valence-corrected chi connectivity index (χ3v) is 7.24. The zero-order chi connectivity index (χ0) is 25.1. The van der Waals surface area contributed by atoms with Crippen molar-refractivity contribution < 1.29 is 32.1 Å². The Labute approximate surface area is 207 Å². The molecule has 0 aliphatic heterocycles. The Morgan fingerprint density at radius 3 is 2.09 bits per heavy atom. The zero-order valence-electron chi connectivity index (χ0n) is 20.3. The maximum absolute atomic E-state index is 12.8. The fourth-order valence-corrected chi connectivity index (χ4v) is 4.84. The Balaban J connectivity index is 1.63. The van der Waals surface area contributed by atoms with Crippen molar-refractivity contribution in [1.29, 1.82) is 0 Å². The second kappa shape index (κ2) is 13.1. The Morgan fingerprint density at radius 1 is 0.743 bits per heavy atom. The number of rotatable bonds is 14. The minimum Gasteiger partial charge on any atom is -0.497 e. The van der Waals surface area contributed by atoms with E-state index in [9.17, 15) is 8.42 Å². The molecule has 0 aliphatic rings. The monoisotopic (exact) mass is 500 g/mol. The van der Waals surface area contributed by atoms with Gasteiger partial charge in [0.15, 0.2) is 21.3 Å².